The van der Waals surface area contributed by atoms with Gasteiger partial charge in [-0.3, -0.25) is 4.79 Å². The molecule has 0 spiro atoms. The lowest BCUT2D eigenvalue weighted by molar-refractivity contribution is -0.153. The normalized spacial score (nSPS) is 28.2. The average Bonchev–Trinajstić information content (AvgIpc) is 2.83. The fourth-order valence-corrected chi connectivity index (χ4v) is 2.55. The second kappa shape index (κ2) is 4.47. The van der Waals surface area contributed by atoms with Gasteiger partial charge in [0.25, 0.3) is 0 Å². The van der Waals surface area contributed by atoms with Gasteiger partial charge in [0, 0.05) is 19.6 Å². The molecule has 0 radical (unpaired) electrons. The van der Waals surface area contributed by atoms with E-state index in [-0.39, 0.29) is 24.7 Å². The molecule has 3 rings (SSSR count). The van der Waals surface area contributed by atoms with Crippen molar-refractivity contribution in [2.45, 2.75) is 18.7 Å². The highest BCUT2D eigenvalue weighted by atomic mass is 16.5. The van der Waals surface area contributed by atoms with Gasteiger partial charge < -0.3 is 15.0 Å². The van der Waals surface area contributed by atoms with E-state index in [9.17, 15) is 4.79 Å². The van der Waals surface area contributed by atoms with Gasteiger partial charge in [0.05, 0.1) is 12.1 Å². The number of nitrogens with one attached hydrogen (secondary N) is 1. The van der Waals surface area contributed by atoms with Crippen LogP contribution >= 0.6 is 0 Å². The molecule has 4 nitrogen and oxygen atoms in total. The maximum atomic E-state index is 11.9. The molecule has 0 aromatic heterocycles. The van der Waals surface area contributed by atoms with Crippen molar-refractivity contribution in [2.24, 2.45) is 0 Å². The summed E-state index contributed by atoms with van der Waals surface area (Å²) in [4.78, 5) is 13.9. The molecule has 2 saturated heterocycles. The number of rotatable bonds is 2. The van der Waals surface area contributed by atoms with Crippen LogP contribution in [0.1, 0.15) is 5.56 Å². The molecular formula is C13H16N2O2. The summed E-state index contributed by atoms with van der Waals surface area (Å²) in [5.41, 5.74) is 1.17. The third kappa shape index (κ3) is 2.06. The zero-order valence-electron chi connectivity index (χ0n) is 9.63. The van der Waals surface area contributed by atoms with Crippen LogP contribution in [0.3, 0.4) is 0 Å². The van der Waals surface area contributed by atoms with Gasteiger partial charge in [0.15, 0.2) is 0 Å². The lowest BCUT2D eigenvalue weighted by Crippen LogP contribution is -2.53. The molecule has 1 aromatic rings. The Balaban J connectivity index is 1.78. The fraction of sp³-hybridized carbons (Fsp3) is 0.462. The lowest BCUT2D eigenvalue weighted by Gasteiger charge is -2.36. The van der Waals surface area contributed by atoms with Crippen molar-refractivity contribution in [3.8, 4) is 0 Å². The van der Waals surface area contributed by atoms with Crippen LogP contribution in [0.25, 0.3) is 0 Å². The summed E-state index contributed by atoms with van der Waals surface area (Å²) >= 11 is 0. The van der Waals surface area contributed by atoms with E-state index in [1.807, 2.05) is 23.1 Å². The topological polar surface area (TPSA) is 41.6 Å². The molecule has 1 amide bonds. The number of ether oxygens (including phenoxy) is 1. The number of amides is 1. The van der Waals surface area contributed by atoms with E-state index in [2.05, 4.69) is 17.4 Å². The van der Waals surface area contributed by atoms with Crippen LogP contribution in [0.4, 0.5) is 0 Å². The zero-order valence-corrected chi connectivity index (χ0v) is 9.63. The molecule has 0 aliphatic carbocycles. The van der Waals surface area contributed by atoms with Gasteiger partial charge in [-0.1, -0.05) is 30.3 Å². The molecule has 2 aliphatic rings. The predicted molar refractivity (Wildman–Crippen MR) is 63.4 cm³/mol. The molecule has 0 unspecified atom stereocenters. The van der Waals surface area contributed by atoms with Crippen molar-refractivity contribution in [2.75, 3.05) is 19.7 Å². The van der Waals surface area contributed by atoms with Crippen LogP contribution in [0, 0.1) is 0 Å². The Bertz CT molecular complexity index is 407. The molecule has 0 bridgehead atoms. The summed E-state index contributed by atoms with van der Waals surface area (Å²) in [6.07, 6.45) is 0.163. The first kappa shape index (κ1) is 10.7. The number of hydrogen-bond donors (Lipinski definition) is 1. The number of hydrogen-bond acceptors (Lipinski definition) is 3. The highest BCUT2D eigenvalue weighted by Gasteiger charge is 2.39. The van der Waals surface area contributed by atoms with E-state index in [0.29, 0.717) is 6.54 Å². The first-order chi connectivity index (χ1) is 8.34. The maximum Gasteiger partial charge on any atom is 0.249 e. The van der Waals surface area contributed by atoms with Gasteiger partial charge in [-0.2, -0.15) is 0 Å². The summed E-state index contributed by atoms with van der Waals surface area (Å²) in [7, 11) is 0. The lowest BCUT2D eigenvalue weighted by atomic mass is 10.1. The highest BCUT2D eigenvalue weighted by Crippen LogP contribution is 2.20. The first-order valence-corrected chi connectivity index (χ1v) is 6.00. The monoisotopic (exact) mass is 232 g/mol. The summed E-state index contributed by atoms with van der Waals surface area (Å²) in [5, 5.41) is 3.28. The van der Waals surface area contributed by atoms with Crippen LogP contribution in [0.5, 0.6) is 0 Å². The largest absolute Gasteiger partial charge is 0.365 e. The van der Waals surface area contributed by atoms with Gasteiger partial charge in [-0.15, -0.1) is 0 Å². The molecular weight excluding hydrogens is 216 g/mol. The number of nitrogens with zero attached hydrogens (tertiary/aromatic N) is 1. The first-order valence-electron chi connectivity index (χ1n) is 6.00. The highest BCUT2D eigenvalue weighted by molar-refractivity contribution is 5.78. The number of morpholine rings is 1. The van der Waals surface area contributed by atoms with E-state index in [4.69, 9.17) is 4.74 Å². The predicted octanol–water partition coefficient (Wildman–Crippen LogP) is 0.386. The minimum absolute atomic E-state index is 0.0961. The smallest absolute Gasteiger partial charge is 0.249 e. The van der Waals surface area contributed by atoms with Crippen molar-refractivity contribution in [1.82, 2.24) is 10.2 Å². The van der Waals surface area contributed by atoms with E-state index < -0.39 is 0 Å². The molecule has 2 fully saturated rings. The second-order valence-electron chi connectivity index (χ2n) is 4.58. The summed E-state index contributed by atoms with van der Waals surface area (Å²) in [6, 6.07) is 10.3. The standard InChI is InChI=1S/C13H16N2O2/c16-13-9-17-12-7-14-6-11(12)15(13)8-10-4-2-1-3-5-10/h1-5,11-12,14H,6-9H2/t11-,12-/m1/s1. The Hall–Kier alpha value is -1.39. The van der Waals surface area contributed by atoms with Crippen LogP contribution < -0.4 is 5.32 Å². The molecule has 0 saturated carbocycles. The Morgan fingerprint density at radius 3 is 2.94 bits per heavy atom. The van der Waals surface area contributed by atoms with Crippen LogP contribution in [-0.4, -0.2) is 42.6 Å². The minimum Gasteiger partial charge on any atom is -0.365 e. The Morgan fingerprint density at radius 1 is 1.29 bits per heavy atom. The minimum atomic E-state index is 0.0961. The van der Waals surface area contributed by atoms with Gasteiger partial charge in [0.1, 0.15) is 6.61 Å². The molecule has 1 aromatic carbocycles. The molecule has 90 valence electrons. The van der Waals surface area contributed by atoms with Gasteiger partial charge >= 0.3 is 0 Å². The summed E-state index contributed by atoms with van der Waals surface area (Å²) in [6.45, 7) is 2.59. The van der Waals surface area contributed by atoms with Gasteiger partial charge in [0.2, 0.25) is 5.91 Å². The zero-order chi connectivity index (χ0) is 11.7. The summed E-state index contributed by atoms with van der Waals surface area (Å²) in [5.74, 6) is 0.0961. The SMILES string of the molecule is O=C1CO[C@@H]2CNC[C@H]2N1Cc1ccccc1. The van der Waals surface area contributed by atoms with Gasteiger partial charge in [-0.05, 0) is 5.56 Å². The number of benzene rings is 1. The average molecular weight is 232 g/mol. The molecule has 1 N–H and O–H groups in total. The Labute approximate surface area is 101 Å². The number of carbonyl (C=O) groups excluding carboxylic acids is 1. The van der Waals surface area contributed by atoms with E-state index >= 15 is 0 Å². The summed E-state index contributed by atoms with van der Waals surface area (Å²) < 4.78 is 5.53. The fourth-order valence-electron chi connectivity index (χ4n) is 2.55. The van der Waals surface area contributed by atoms with Crippen molar-refractivity contribution in [3.05, 3.63) is 35.9 Å². The molecule has 4 heteroatoms. The van der Waals surface area contributed by atoms with E-state index in [1.54, 1.807) is 0 Å². The Kier molecular flexibility index (Phi) is 2.82. The number of fused-ring (bicyclic) bond motifs is 1. The van der Waals surface area contributed by atoms with Crippen molar-refractivity contribution in [3.63, 3.8) is 0 Å². The van der Waals surface area contributed by atoms with E-state index in [0.717, 1.165) is 13.1 Å². The van der Waals surface area contributed by atoms with Gasteiger partial charge in [-0.25, -0.2) is 0 Å². The Morgan fingerprint density at radius 2 is 2.12 bits per heavy atom. The van der Waals surface area contributed by atoms with Crippen molar-refractivity contribution < 1.29 is 9.53 Å². The third-order valence-corrected chi connectivity index (χ3v) is 3.47. The van der Waals surface area contributed by atoms with Crippen molar-refractivity contribution >= 4 is 5.91 Å². The van der Waals surface area contributed by atoms with Crippen LogP contribution in [-0.2, 0) is 16.1 Å². The molecule has 2 heterocycles. The van der Waals surface area contributed by atoms with Crippen LogP contribution in [0.2, 0.25) is 0 Å². The quantitative estimate of drug-likeness (QED) is 0.802. The third-order valence-electron chi connectivity index (χ3n) is 3.47. The number of carbonyl (C=O) groups is 1. The van der Waals surface area contributed by atoms with Crippen LogP contribution in [0.15, 0.2) is 30.3 Å². The molecule has 2 atom stereocenters. The molecule has 17 heavy (non-hydrogen) atoms. The van der Waals surface area contributed by atoms with Crippen molar-refractivity contribution in [1.29, 1.82) is 0 Å². The second-order valence-corrected chi connectivity index (χ2v) is 4.58. The van der Waals surface area contributed by atoms with E-state index in [1.165, 1.54) is 5.56 Å². The molecule has 2 aliphatic heterocycles. The maximum absolute atomic E-state index is 11.9.